The van der Waals surface area contributed by atoms with Gasteiger partial charge in [-0.2, -0.15) is 5.26 Å². The maximum Gasteiger partial charge on any atom is 0.251 e. The normalized spacial score (nSPS) is 12.6. The lowest BCUT2D eigenvalue weighted by Gasteiger charge is -2.15. The molecule has 2 aromatic rings. The fourth-order valence-electron chi connectivity index (χ4n) is 3.16. The molecule has 1 aliphatic heterocycles. The number of hydrogen-bond donors (Lipinski definition) is 0. The maximum atomic E-state index is 12.7. The summed E-state index contributed by atoms with van der Waals surface area (Å²) in [6, 6.07) is 11.1. The lowest BCUT2D eigenvalue weighted by Crippen LogP contribution is -2.26. The number of fused-ring (bicyclic) bond motifs is 1. The molecule has 0 bridgehead atoms. The summed E-state index contributed by atoms with van der Waals surface area (Å²) < 4.78 is 16.0. The van der Waals surface area contributed by atoms with Gasteiger partial charge in [-0.25, -0.2) is 0 Å². The van der Waals surface area contributed by atoms with Gasteiger partial charge in [0.1, 0.15) is 0 Å². The monoisotopic (exact) mass is 364 g/mol. The minimum Gasteiger partial charge on any atom is -0.493 e. The lowest BCUT2D eigenvalue weighted by atomic mass is 10.1. The standard InChI is InChI=1S/C21H20N2O4/c1-25-18-11-14(12-19(26-2)21(18)27-3)5-7-20(24)23-9-8-16-10-15(13-22)4-6-17(16)23/h4-7,10-12H,8-9H2,1-3H3/b7-5+. The zero-order valence-corrected chi connectivity index (χ0v) is 15.5. The molecule has 0 atom stereocenters. The summed E-state index contributed by atoms with van der Waals surface area (Å²) in [4.78, 5) is 14.4. The van der Waals surface area contributed by atoms with E-state index >= 15 is 0 Å². The molecular weight excluding hydrogens is 344 g/mol. The summed E-state index contributed by atoms with van der Waals surface area (Å²) in [5, 5.41) is 9.01. The molecule has 1 amide bonds. The van der Waals surface area contributed by atoms with E-state index in [2.05, 4.69) is 6.07 Å². The van der Waals surface area contributed by atoms with Crippen LogP contribution in [0.4, 0.5) is 5.69 Å². The fraction of sp³-hybridized carbons (Fsp3) is 0.238. The Hall–Kier alpha value is -3.46. The summed E-state index contributed by atoms with van der Waals surface area (Å²) >= 11 is 0. The average Bonchev–Trinajstić information content (AvgIpc) is 3.14. The van der Waals surface area contributed by atoms with Gasteiger partial charge in [-0.05, 0) is 54.0 Å². The van der Waals surface area contributed by atoms with Crippen LogP contribution >= 0.6 is 0 Å². The molecule has 6 heteroatoms. The molecule has 0 fully saturated rings. The summed E-state index contributed by atoms with van der Waals surface area (Å²) in [5.74, 6) is 1.44. The van der Waals surface area contributed by atoms with Crippen molar-refractivity contribution < 1.29 is 19.0 Å². The molecular formula is C21H20N2O4. The minimum atomic E-state index is -0.118. The van der Waals surface area contributed by atoms with E-state index in [4.69, 9.17) is 19.5 Å². The Labute approximate surface area is 158 Å². The summed E-state index contributed by atoms with van der Waals surface area (Å²) in [7, 11) is 4.64. The van der Waals surface area contributed by atoms with Gasteiger partial charge in [-0.3, -0.25) is 4.79 Å². The number of amides is 1. The van der Waals surface area contributed by atoms with E-state index in [1.165, 1.54) is 6.08 Å². The van der Waals surface area contributed by atoms with Crippen molar-refractivity contribution in [3.8, 4) is 23.3 Å². The molecule has 27 heavy (non-hydrogen) atoms. The predicted molar refractivity (Wildman–Crippen MR) is 102 cm³/mol. The van der Waals surface area contributed by atoms with Crippen LogP contribution in [-0.4, -0.2) is 33.8 Å². The Morgan fingerprint density at radius 1 is 1.11 bits per heavy atom. The van der Waals surface area contributed by atoms with Crippen molar-refractivity contribution in [2.45, 2.75) is 6.42 Å². The number of ether oxygens (including phenoxy) is 3. The van der Waals surface area contributed by atoms with Crippen molar-refractivity contribution >= 4 is 17.7 Å². The van der Waals surface area contributed by atoms with Crippen LogP contribution in [0.25, 0.3) is 6.08 Å². The van der Waals surface area contributed by atoms with Crippen LogP contribution in [0, 0.1) is 11.3 Å². The number of hydrogen-bond acceptors (Lipinski definition) is 5. The van der Waals surface area contributed by atoms with Crippen LogP contribution in [0.2, 0.25) is 0 Å². The highest BCUT2D eigenvalue weighted by molar-refractivity contribution is 6.05. The molecule has 0 saturated carbocycles. The van der Waals surface area contributed by atoms with E-state index in [0.29, 0.717) is 29.4 Å². The van der Waals surface area contributed by atoms with Gasteiger partial charge in [-0.1, -0.05) is 0 Å². The molecule has 0 spiro atoms. The van der Waals surface area contributed by atoms with Gasteiger partial charge in [0.2, 0.25) is 5.75 Å². The van der Waals surface area contributed by atoms with Crippen LogP contribution in [0.3, 0.4) is 0 Å². The number of methoxy groups -OCH3 is 3. The number of nitrogens with zero attached hydrogens (tertiary/aromatic N) is 2. The van der Waals surface area contributed by atoms with E-state index in [0.717, 1.165) is 23.2 Å². The van der Waals surface area contributed by atoms with Crippen LogP contribution in [-0.2, 0) is 11.2 Å². The molecule has 0 saturated heterocycles. The van der Waals surface area contributed by atoms with Crippen LogP contribution < -0.4 is 19.1 Å². The molecule has 3 rings (SSSR count). The molecule has 0 aromatic heterocycles. The van der Waals surface area contributed by atoms with Crippen molar-refractivity contribution in [1.29, 1.82) is 5.26 Å². The highest BCUT2D eigenvalue weighted by atomic mass is 16.5. The molecule has 1 heterocycles. The highest BCUT2D eigenvalue weighted by Crippen LogP contribution is 2.38. The third-order valence-electron chi connectivity index (χ3n) is 4.48. The molecule has 138 valence electrons. The van der Waals surface area contributed by atoms with Gasteiger partial charge in [0, 0.05) is 18.3 Å². The molecule has 0 unspecified atom stereocenters. The molecule has 2 aromatic carbocycles. The van der Waals surface area contributed by atoms with Gasteiger partial charge in [0.25, 0.3) is 5.91 Å². The Morgan fingerprint density at radius 3 is 2.41 bits per heavy atom. The topological polar surface area (TPSA) is 71.8 Å². The number of rotatable bonds is 5. The Balaban J connectivity index is 1.84. The predicted octanol–water partition coefficient (Wildman–Crippen LogP) is 3.19. The second-order valence-corrected chi connectivity index (χ2v) is 5.99. The SMILES string of the molecule is COc1cc(/C=C/C(=O)N2CCc3cc(C#N)ccc32)cc(OC)c1OC. The molecule has 0 N–H and O–H groups in total. The first kappa shape index (κ1) is 18.3. The van der Waals surface area contributed by atoms with Crippen LogP contribution in [0.5, 0.6) is 17.2 Å². The van der Waals surface area contributed by atoms with Crippen molar-refractivity contribution in [2.24, 2.45) is 0 Å². The third kappa shape index (κ3) is 3.58. The third-order valence-corrected chi connectivity index (χ3v) is 4.48. The quantitative estimate of drug-likeness (QED) is 0.762. The van der Waals surface area contributed by atoms with E-state index in [1.54, 1.807) is 50.5 Å². The Morgan fingerprint density at radius 2 is 1.81 bits per heavy atom. The number of carbonyl (C=O) groups excluding carboxylic acids is 1. The zero-order valence-electron chi connectivity index (χ0n) is 15.5. The molecule has 0 radical (unpaired) electrons. The van der Waals surface area contributed by atoms with Crippen LogP contribution in [0.1, 0.15) is 16.7 Å². The largest absolute Gasteiger partial charge is 0.493 e. The zero-order chi connectivity index (χ0) is 19.4. The average molecular weight is 364 g/mol. The van der Waals surface area contributed by atoms with E-state index in [-0.39, 0.29) is 5.91 Å². The number of benzene rings is 2. The summed E-state index contributed by atoms with van der Waals surface area (Å²) in [6.07, 6.45) is 3.98. The van der Waals surface area contributed by atoms with E-state index in [9.17, 15) is 4.79 Å². The second kappa shape index (κ2) is 7.83. The summed E-state index contributed by atoms with van der Waals surface area (Å²) in [5.41, 5.74) is 3.24. The number of carbonyl (C=O) groups is 1. The molecule has 6 nitrogen and oxygen atoms in total. The fourth-order valence-corrected chi connectivity index (χ4v) is 3.16. The lowest BCUT2D eigenvalue weighted by molar-refractivity contribution is -0.114. The minimum absolute atomic E-state index is 0.118. The highest BCUT2D eigenvalue weighted by Gasteiger charge is 2.23. The van der Waals surface area contributed by atoms with Crippen molar-refractivity contribution in [3.05, 3.63) is 53.1 Å². The van der Waals surface area contributed by atoms with Crippen molar-refractivity contribution in [3.63, 3.8) is 0 Å². The number of nitriles is 1. The first-order valence-electron chi connectivity index (χ1n) is 8.44. The molecule has 1 aliphatic rings. The number of anilines is 1. The van der Waals surface area contributed by atoms with Gasteiger partial charge in [-0.15, -0.1) is 0 Å². The first-order chi connectivity index (χ1) is 13.1. The second-order valence-electron chi connectivity index (χ2n) is 5.99. The first-order valence-corrected chi connectivity index (χ1v) is 8.44. The van der Waals surface area contributed by atoms with Gasteiger partial charge in [0.05, 0.1) is 33.0 Å². The Bertz CT molecular complexity index is 919. The van der Waals surface area contributed by atoms with E-state index < -0.39 is 0 Å². The Kier molecular flexibility index (Phi) is 5.32. The van der Waals surface area contributed by atoms with Gasteiger partial charge in [0.15, 0.2) is 11.5 Å². The molecule has 0 aliphatic carbocycles. The van der Waals surface area contributed by atoms with Crippen molar-refractivity contribution in [2.75, 3.05) is 32.8 Å². The van der Waals surface area contributed by atoms with Crippen molar-refractivity contribution in [1.82, 2.24) is 0 Å². The maximum absolute atomic E-state index is 12.7. The van der Waals surface area contributed by atoms with Crippen LogP contribution in [0.15, 0.2) is 36.4 Å². The smallest absolute Gasteiger partial charge is 0.251 e. The van der Waals surface area contributed by atoms with Gasteiger partial charge < -0.3 is 19.1 Å². The summed E-state index contributed by atoms with van der Waals surface area (Å²) in [6.45, 7) is 0.600. The van der Waals surface area contributed by atoms with E-state index in [1.807, 2.05) is 12.1 Å². The van der Waals surface area contributed by atoms with Gasteiger partial charge >= 0.3 is 0 Å².